The van der Waals surface area contributed by atoms with Crippen LogP contribution in [0.15, 0.2) is 71.9 Å². The molecule has 5 rings (SSSR count). The van der Waals surface area contributed by atoms with Crippen molar-refractivity contribution in [1.29, 1.82) is 0 Å². The molecule has 1 amide bonds. The Balaban J connectivity index is 1.44. The van der Waals surface area contributed by atoms with E-state index in [4.69, 9.17) is 11.6 Å². The summed E-state index contributed by atoms with van der Waals surface area (Å²) in [6.07, 6.45) is 3.75. The van der Waals surface area contributed by atoms with Crippen molar-refractivity contribution in [2.45, 2.75) is 17.9 Å². The van der Waals surface area contributed by atoms with E-state index in [1.165, 1.54) is 27.0 Å². The number of hydrogen-bond acceptors (Lipinski definition) is 5. The predicted octanol–water partition coefficient (Wildman–Crippen LogP) is 3.38. The van der Waals surface area contributed by atoms with E-state index in [-0.39, 0.29) is 22.0 Å². The minimum absolute atomic E-state index is 0.0189. The lowest BCUT2D eigenvalue weighted by atomic mass is 10.0. The lowest BCUT2D eigenvalue weighted by Gasteiger charge is -2.28. The minimum atomic E-state index is -3.81. The summed E-state index contributed by atoms with van der Waals surface area (Å²) in [5, 5.41) is 7.01. The zero-order valence-electron chi connectivity index (χ0n) is 16.8. The molecule has 162 valence electrons. The Morgan fingerprint density at radius 3 is 2.69 bits per heavy atom. The molecule has 0 atom stereocenters. The topological polar surface area (TPSA) is 96.7 Å². The third kappa shape index (κ3) is 3.64. The Hall–Kier alpha value is -3.27. The molecule has 0 unspecified atom stereocenters. The van der Waals surface area contributed by atoms with Crippen LogP contribution in [0.25, 0.3) is 5.65 Å². The minimum Gasteiger partial charge on any atom is -0.306 e. The number of nitrogens with one attached hydrogen (secondary N) is 1. The van der Waals surface area contributed by atoms with Crippen LogP contribution >= 0.6 is 11.6 Å². The molecule has 0 aliphatic carbocycles. The summed E-state index contributed by atoms with van der Waals surface area (Å²) in [6.45, 7) is 0.661. The van der Waals surface area contributed by atoms with Crippen LogP contribution in [0.5, 0.6) is 0 Å². The summed E-state index contributed by atoms with van der Waals surface area (Å²) in [5.74, 6) is -0.152. The van der Waals surface area contributed by atoms with Crippen molar-refractivity contribution in [1.82, 2.24) is 18.9 Å². The Bertz CT molecular complexity index is 1450. The molecule has 2 aromatic carbocycles. The highest BCUT2D eigenvalue weighted by Gasteiger charge is 2.29. The van der Waals surface area contributed by atoms with Crippen molar-refractivity contribution in [3.8, 4) is 0 Å². The first-order valence-electron chi connectivity index (χ1n) is 9.90. The van der Waals surface area contributed by atoms with Crippen LogP contribution < -0.4 is 5.32 Å². The van der Waals surface area contributed by atoms with Crippen molar-refractivity contribution in [2.24, 2.45) is 0 Å². The number of carbonyl (C=O) groups excluding carboxylic acids is 1. The Kier molecular flexibility index (Phi) is 5.16. The number of benzene rings is 2. The molecular weight excluding hydrogens is 450 g/mol. The van der Waals surface area contributed by atoms with E-state index in [0.29, 0.717) is 24.4 Å². The third-order valence-corrected chi connectivity index (χ3v) is 7.62. The Labute approximate surface area is 189 Å². The van der Waals surface area contributed by atoms with E-state index in [9.17, 15) is 13.2 Å². The molecule has 1 N–H and O–H groups in total. The average Bonchev–Trinajstić information content (AvgIpc) is 3.29. The Morgan fingerprint density at radius 1 is 1.03 bits per heavy atom. The highest BCUT2D eigenvalue weighted by atomic mass is 35.5. The molecule has 32 heavy (non-hydrogen) atoms. The van der Waals surface area contributed by atoms with Gasteiger partial charge in [-0.3, -0.25) is 4.79 Å². The monoisotopic (exact) mass is 467 g/mol. The number of anilines is 1. The number of nitrogens with zero attached hydrogens (tertiary/aromatic N) is 4. The fourth-order valence-corrected chi connectivity index (χ4v) is 5.42. The van der Waals surface area contributed by atoms with Gasteiger partial charge in [0.2, 0.25) is 10.0 Å². The van der Waals surface area contributed by atoms with Crippen molar-refractivity contribution >= 4 is 39.0 Å². The van der Waals surface area contributed by atoms with Crippen molar-refractivity contribution in [2.75, 3.05) is 11.9 Å². The van der Waals surface area contributed by atoms with E-state index in [2.05, 4.69) is 15.4 Å². The van der Waals surface area contributed by atoms with Crippen LogP contribution in [0.1, 0.15) is 21.5 Å². The number of fused-ring (bicyclic) bond motifs is 2. The van der Waals surface area contributed by atoms with E-state index in [1.807, 2.05) is 24.3 Å². The smallest absolute Gasteiger partial charge is 0.258 e. The molecule has 1 aliphatic heterocycles. The van der Waals surface area contributed by atoms with Crippen LogP contribution in [0.2, 0.25) is 5.02 Å². The number of halogens is 1. The molecule has 0 fully saturated rings. The maximum Gasteiger partial charge on any atom is 0.258 e. The van der Waals surface area contributed by atoms with Gasteiger partial charge < -0.3 is 5.32 Å². The quantitative estimate of drug-likeness (QED) is 0.496. The van der Waals surface area contributed by atoms with Gasteiger partial charge in [0, 0.05) is 25.4 Å². The van der Waals surface area contributed by atoms with Gasteiger partial charge in [-0.2, -0.15) is 13.9 Å². The van der Waals surface area contributed by atoms with Gasteiger partial charge >= 0.3 is 0 Å². The van der Waals surface area contributed by atoms with Crippen LogP contribution in [0.4, 0.5) is 5.82 Å². The molecule has 8 nitrogen and oxygen atoms in total. The maximum atomic E-state index is 13.3. The van der Waals surface area contributed by atoms with Crippen molar-refractivity contribution < 1.29 is 13.2 Å². The second-order valence-electron chi connectivity index (χ2n) is 7.38. The molecule has 0 bridgehead atoms. The summed E-state index contributed by atoms with van der Waals surface area (Å²) in [5.41, 5.74) is 2.76. The average molecular weight is 468 g/mol. The second kappa shape index (κ2) is 8.01. The summed E-state index contributed by atoms with van der Waals surface area (Å²) in [6, 6.07) is 15.3. The third-order valence-electron chi connectivity index (χ3n) is 5.45. The number of amides is 1. The molecule has 0 radical (unpaired) electrons. The van der Waals surface area contributed by atoms with E-state index < -0.39 is 15.9 Å². The number of carbonyl (C=O) groups is 1. The molecule has 4 aromatic rings. The highest BCUT2D eigenvalue weighted by Crippen LogP contribution is 2.28. The molecule has 10 heteroatoms. The van der Waals surface area contributed by atoms with Crippen molar-refractivity contribution in [3.05, 3.63) is 88.7 Å². The van der Waals surface area contributed by atoms with E-state index in [1.54, 1.807) is 24.5 Å². The van der Waals surface area contributed by atoms with Crippen LogP contribution in [-0.4, -0.2) is 39.8 Å². The highest BCUT2D eigenvalue weighted by molar-refractivity contribution is 7.89. The normalized spacial score (nSPS) is 14.3. The Morgan fingerprint density at radius 2 is 1.84 bits per heavy atom. The standard InChI is InChI=1S/C22H18ClN5O3S/c23-19-6-5-17(32(30,31)27-12-9-15-3-1-2-4-16(15)14-27)13-18(19)22(29)26-21-7-10-24-20-8-11-25-28(20)21/h1-8,10-11,13H,9,12,14H2,(H,26,29). The molecule has 0 saturated heterocycles. The summed E-state index contributed by atoms with van der Waals surface area (Å²) >= 11 is 6.25. The van der Waals surface area contributed by atoms with E-state index >= 15 is 0 Å². The van der Waals surface area contributed by atoms with Gasteiger partial charge in [-0.05, 0) is 41.8 Å². The first-order chi connectivity index (χ1) is 15.4. The van der Waals surface area contributed by atoms with E-state index in [0.717, 1.165) is 11.1 Å². The predicted molar refractivity (Wildman–Crippen MR) is 120 cm³/mol. The lowest BCUT2D eigenvalue weighted by molar-refractivity contribution is 0.102. The maximum absolute atomic E-state index is 13.3. The number of aromatic nitrogens is 3. The van der Waals surface area contributed by atoms with Crippen LogP contribution in [0.3, 0.4) is 0 Å². The molecule has 3 heterocycles. The first kappa shape index (κ1) is 20.6. The summed E-state index contributed by atoms with van der Waals surface area (Å²) < 4.78 is 29.5. The van der Waals surface area contributed by atoms with Crippen LogP contribution in [0, 0.1) is 0 Å². The zero-order chi connectivity index (χ0) is 22.3. The molecule has 2 aromatic heterocycles. The summed E-state index contributed by atoms with van der Waals surface area (Å²) in [7, 11) is -3.81. The molecule has 1 aliphatic rings. The first-order valence-corrected chi connectivity index (χ1v) is 11.7. The number of sulfonamides is 1. The van der Waals surface area contributed by atoms with Gasteiger partial charge in [-0.25, -0.2) is 13.4 Å². The van der Waals surface area contributed by atoms with Gasteiger partial charge in [0.15, 0.2) is 5.65 Å². The van der Waals surface area contributed by atoms with Crippen molar-refractivity contribution in [3.63, 3.8) is 0 Å². The number of hydrogen-bond donors (Lipinski definition) is 1. The zero-order valence-corrected chi connectivity index (χ0v) is 18.3. The molecule has 0 saturated carbocycles. The lowest BCUT2D eigenvalue weighted by Crippen LogP contribution is -2.36. The van der Waals surface area contributed by atoms with Crippen LogP contribution in [-0.2, 0) is 23.0 Å². The van der Waals surface area contributed by atoms with Gasteiger partial charge in [-0.15, -0.1) is 0 Å². The van der Waals surface area contributed by atoms with Gasteiger partial charge in [-0.1, -0.05) is 35.9 Å². The fourth-order valence-electron chi connectivity index (χ4n) is 3.78. The summed E-state index contributed by atoms with van der Waals surface area (Å²) in [4.78, 5) is 17.1. The molecular formula is C22H18ClN5O3S. The second-order valence-corrected chi connectivity index (χ2v) is 9.73. The number of rotatable bonds is 4. The van der Waals surface area contributed by atoms with Gasteiger partial charge in [0.25, 0.3) is 5.91 Å². The largest absolute Gasteiger partial charge is 0.306 e. The molecule has 0 spiro atoms. The van der Waals surface area contributed by atoms with Gasteiger partial charge in [0.1, 0.15) is 5.82 Å². The fraction of sp³-hybridized carbons (Fsp3) is 0.136. The van der Waals surface area contributed by atoms with Gasteiger partial charge in [0.05, 0.1) is 21.7 Å². The SMILES string of the molecule is O=C(Nc1ccnc2ccnn12)c1cc(S(=O)(=O)N2CCc3ccccc3C2)ccc1Cl.